The summed E-state index contributed by atoms with van der Waals surface area (Å²) in [6, 6.07) is 0. The first-order valence-corrected chi connectivity index (χ1v) is 4.23. The molecule has 7 heteroatoms. The van der Waals surface area contributed by atoms with E-state index < -0.39 is 6.10 Å². The largest absolute Gasteiger partial charge is 0.394 e. The van der Waals surface area contributed by atoms with Crippen molar-refractivity contribution in [1.82, 2.24) is 0 Å². The van der Waals surface area contributed by atoms with E-state index >= 15 is 0 Å². The van der Waals surface area contributed by atoms with Gasteiger partial charge in [-0.3, -0.25) is 0 Å². The first-order chi connectivity index (χ1) is 6.72. The van der Waals surface area contributed by atoms with Crippen LogP contribution < -0.4 is 0 Å². The number of hydrogen-bond acceptors (Lipinski definition) is 7. The summed E-state index contributed by atoms with van der Waals surface area (Å²) < 4.78 is 5.03. The van der Waals surface area contributed by atoms with E-state index in [-0.39, 0.29) is 19.2 Å². The molecule has 2 saturated heterocycles. The van der Waals surface area contributed by atoms with Crippen LogP contribution in [0.25, 0.3) is 0 Å². The molecule has 2 fully saturated rings. The fourth-order valence-electron chi connectivity index (χ4n) is 0.540. The predicted octanol–water partition coefficient (Wildman–Crippen LogP) is -1.06. The molecule has 0 spiro atoms. The van der Waals surface area contributed by atoms with E-state index in [1.165, 1.54) is 6.92 Å². The maximum absolute atomic E-state index is 8.11. The van der Waals surface area contributed by atoms with Crippen LogP contribution in [0.2, 0.25) is 0 Å². The van der Waals surface area contributed by atoms with Crippen molar-refractivity contribution in [2.24, 2.45) is 0 Å². The van der Waals surface area contributed by atoms with Crippen LogP contribution in [-0.2, 0) is 24.3 Å². The van der Waals surface area contributed by atoms with Gasteiger partial charge in [0.2, 0.25) is 12.6 Å². The fourth-order valence-corrected chi connectivity index (χ4v) is 0.540. The zero-order chi connectivity index (χ0) is 10.4. The third-order valence-corrected chi connectivity index (χ3v) is 1.33. The van der Waals surface area contributed by atoms with Gasteiger partial charge in [-0.1, -0.05) is 0 Å². The van der Waals surface area contributed by atoms with Crippen molar-refractivity contribution in [2.45, 2.75) is 25.6 Å². The topological polar surface area (TPSA) is 86.6 Å². The lowest BCUT2D eigenvalue weighted by atomic mass is 10.5. The van der Waals surface area contributed by atoms with Crippen molar-refractivity contribution in [3.8, 4) is 0 Å². The van der Waals surface area contributed by atoms with Gasteiger partial charge in [-0.2, -0.15) is 0 Å². The van der Waals surface area contributed by atoms with Crippen molar-refractivity contribution < 1.29 is 34.5 Å². The van der Waals surface area contributed by atoms with Crippen LogP contribution in [0, 0.1) is 0 Å². The van der Waals surface area contributed by atoms with Gasteiger partial charge < -0.3 is 14.9 Å². The van der Waals surface area contributed by atoms with E-state index in [0.29, 0.717) is 13.2 Å². The highest BCUT2D eigenvalue weighted by Crippen LogP contribution is 2.15. The van der Waals surface area contributed by atoms with Crippen LogP contribution >= 0.6 is 0 Å². The highest BCUT2D eigenvalue weighted by atomic mass is 17.3. The summed E-state index contributed by atoms with van der Waals surface area (Å²) in [6.07, 6.45) is -1.09. The van der Waals surface area contributed by atoms with Gasteiger partial charge in [-0.15, -0.1) is 0 Å². The first-order valence-electron chi connectivity index (χ1n) is 4.23. The lowest BCUT2D eigenvalue weighted by molar-refractivity contribution is -0.552. The lowest BCUT2D eigenvalue weighted by Gasteiger charge is -2.31. The molecule has 0 amide bonds. The number of hydrogen-bond donors (Lipinski definition) is 2. The SMILES string of the molecule is C1OOC1OC1COO1.CC(O)CO. The summed E-state index contributed by atoms with van der Waals surface area (Å²) in [6.45, 7) is 2.33. The fraction of sp³-hybridized carbons (Fsp3) is 1.00. The molecule has 0 radical (unpaired) electrons. The molecule has 2 N–H and O–H groups in total. The molecule has 0 aliphatic carbocycles. The Morgan fingerprint density at radius 2 is 1.64 bits per heavy atom. The van der Waals surface area contributed by atoms with Gasteiger partial charge in [0.1, 0.15) is 13.2 Å². The van der Waals surface area contributed by atoms with Gasteiger partial charge in [0, 0.05) is 0 Å². The summed E-state index contributed by atoms with van der Waals surface area (Å²) in [7, 11) is 0. The number of aliphatic hydroxyl groups excluding tert-OH is 2. The van der Waals surface area contributed by atoms with E-state index in [4.69, 9.17) is 14.9 Å². The maximum Gasteiger partial charge on any atom is 0.220 e. The molecule has 3 atom stereocenters. The number of ether oxygens (including phenoxy) is 1. The molecule has 84 valence electrons. The van der Waals surface area contributed by atoms with Crippen LogP contribution in [0.15, 0.2) is 0 Å². The molecule has 14 heavy (non-hydrogen) atoms. The van der Waals surface area contributed by atoms with Crippen LogP contribution in [-0.4, -0.2) is 48.7 Å². The molecular weight excluding hydrogens is 196 g/mol. The van der Waals surface area contributed by atoms with Gasteiger partial charge in [0.25, 0.3) is 0 Å². The predicted molar refractivity (Wildman–Crippen MR) is 41.5 cm³/mol. The highest BCUT2D eigenvalue weighted by Gasteiger charge is 2.30. The average Bonchev–Trinajstić information content (AvgIpc) is 2.00. The highest BCUT2D eigenvalue weighted by molar-refractivity contribution is 4.49. The molecule has 2 aliphatic rings. The Morgan fingerprint density at radius 3 is 1.79 bits per heavy atom. The normalized spacial score (nSPS) is 31.9. The Labute approximate surface area is 80.9 Å². The molecule has 3 unspecified atom stereocenters. The summed E-state index contributed by atoms with van der Waals surface area (Å²) in [5.41, 5.74) is 0. The summed E-state index contributed by atoms with van der Waals surface area (Å²) in [5.74, 6) is 0. The summed E-state index contributed by atoms with van der Waals surface area (Å²) in [4.78, 5) is 17.7. The second-order valence-electron chi connectivity index (χ2n) is 2.79. The summed E-state index contributed by atoms with van der Waals surface area (Å²) >= 11 is 0. The van der Waals surface area contributed by atoms with Crippen molar-refractivity contribution in [3.63, 3.8) is 0 Å². The van der Waals surface area contributed by atoms with Gasteiger partial charge >= 0.3 is 0 Å². The monoisotopic (exact) mass is 210 g/mol. The quantitative estimate of drug-likeness (QED) is 0.574. The molecule has 2 rings (SSSR count). The van der Waals surface area contributed by atoms with Crippen LogP contribution in [0.1, 0.15) is 6.92 Å². The molecule has 0 saturated carbocycles. The third kappa shape index (κ3) is 4.29. The van der Waals surface area contributed by atoms with Crippen molar-refractivity contribution in [2.75, 3.05) is 19.8 Å². The Morgan fingerprint density at radius 1 is 1.29 bits per heavy atom. The van der Waals surface area contributed by atoms with E-state index in [9.17, 15) is 0 Å². The molecule has 0 aromatic heterocycles. The second-order valence-corrected chi connectivity index (χ2v) is 2.79. The number of rotatable bonds is 3. The molecule has 0 aromatic rings. The molecule has 0 aromatic carbocycles. The van der Waals surface area contributed by atoms with Gasteiger partial charge in [-0.05, 0) is 6.92 Å². The maximum atomic E-state index is 8.11. The average molecular weight is 210 g/mol. The standard InChI is InChI=1S/C4H6O5.C3H8O2/c1-3(8-5-1)7-4-2-6-9-4;1-3(5)2-4/h3-4H,1-2H2;3-5H,2H2,1H3. The molecule has 7 nitrogen and oxygen atoms in total. The van der Waals surface area contributed by atoms with E-state index in [2.05, 4.69) is 19.6 Å². The lowest BCUT2D eigenvalue weighted by Crippen LogP contribution is -2.43. The van der Waals surface area contributed by atoms with Crippen LogP contribution in [0.4, 0.5) is 0 Å². The Bertz CT molecular complexity index is 131. The zero-order valence-electron chi connectivity index (χ0n) is 7.79. The van der Waals surface area contributed by atoms with Gasteiger partial charge in [0.05, 0.1) is 12.7 Å². The van der Waals surface area contributed by atoms with Crippen molar-refractivity contribution in [1.29, 1.82) is 0 Å². The van der Waals surface area contributed by atoms with Crippen molar-refractivity contribution >= 4 is 0 Å². The minimum atomic E-state index is -0.560. The van der Waals surface area contributed by atoms with E-state index in [1.807, 2.05) is 0 Å². The van der Waals surface area contributed by atoms with Crippen LogP contribution in [0.3, 0.4) is 0 Å². The summed E-state index contributed by atoms with van der Waals surface area (Å²) in [5, 5.41) is 16.0. The van der Waals surface area contributed by atoms with Crippen molar-refractivity contribution in [3.05, 3.63) is 0 Å². The third-order valence-electron chi connectivity index (χ3n) is 1.33. The molecule has 2 heterocycles. The Balaban J connectivity index is 0.000000171. The first kappa shape index (κ1) is 11.8. The zero-order valence-corrected chi connectivity index (χ0v) is 7.79. The van der Waals surface area contributed by atoms with Gasteiger partial charge in [0.15, 0.2) is 0 Å². The molecular formula is C7H14O7. The Kier molecular flexibility index (Phi) is 5.26. The number of aliphatic hydroxyl groups is 2. The smallest absolute Gasteiger partial charge is 0.220 e. The minimum absolute atomic E-state index is 0.139. The molecule has 0 bridgehead atoms. The van der Waals surface area contributed by atoms with E-state index in [0.717, 1.165) is 0 Å². The van der Waals surface area contributed by atoms with E-state index in [1.54, 1.807) is 0 Å². The van der Waals surface area contributed by atoms with Crippen LogP contribution in [0.5, 0.6) is 0 Å². The van der Waals surface area contributed by atoms with Gasteiger partial charge in [-0.25, -0.2) is 19.6 Å². The second kappa shape index (κ2) is 6.25. The molecule has 2 aliphatic heterocycles. The minimum Gasteiger partial charge on any atom is -0.394 e. The Hall–Kier alpha value is -0.280.